The van der Waals surface area contributed by atoms with Gasteiger partial charge in [0.05, 0.1) is 7.11 Å². The maximum absolute atomic E-state index is 11.1. The van der Waals surface area contributed by atoms with Gasteiger partial charge in [-0.3, -0.25) is 0 Å². The number of nitrogens with zero attached hydrogens (tertiary/aromatic N) is 1. The van der Waals surface area contributed by atoms with Gasteiger partial charge in [0.1, 0.15) is 0 Å². The second kappa shape index (κ2) is 7.36. The van der Waals surface area contributed by atoms with Crippen LogP contribution in [0.25, 0.3) is 0 Å². The number of nitroso groups, excluding NO2 is 1. The Kier molecular flexibility index (Phi) is 6.04. The summed E-state index contributed by atoms with van der Waals surface area (Å²) in [6.07, 6.45) is 9.17. The highest BCUT2D eigenvalue weighted by atomic mass is 16.5. The fourth-order valence-electron chi connectivity index (χ4n) is 2.43. The zero-order chi connectivity index (χ0) is 11.8. The maximum Gasteiger partial charge on any atom is 0.334 e. The van der Waals surface area contributed by atoms with Gasteiger partial charge in [0, 0.05) is 0 Å². The fourth-order valence-corrected chi connectivity index (χ4v) is 2.43. The number of rotatable bonds is 6. The molecule has 0 bridgehead atoms. The molecule has 0 aromatic carbocycles. The zero-order valence-corrected chi connectivity index (χ0v) is 9.98. The summed E-state index contributed by atoms with van der Waals surface area (Å²) in [6.45, 7) is 0. The number of hydrogen-bond donors (Lipinski definition) is 0. The quantitative estimate of drug-likeness (QED) is 0.517. The van der Waals surface area contributed by atoms with Crippen LogP contribution >= 0.6 is 0 Å². The summed E-state index contributed by atoms with van der Waals surface area (Å²) in [5.74, 6) is 0.289. The molecule has 16 heavy (non-hydrogen) atoms. The molecule has 1 fully saturated rings. The molecule has 0 amide bonds. The van der Waals surface area contributed by atoms with E-state index in [9.17, 15) is 9.70 Å². The maximum atomic E-state index is 11.1. The van der Waals surface area contributed by atoms with Crippen LogP contribution in [0, 0.1) is 10.8 Å². The van der Waals surface area contributed by atoms with E-state index in [2.05, 4.69) is 9.91 Å². The minimum absolute atomic E-state index is 0.501. The summed E-state index contributed by atoms with van der Waals surface area (Å²) >= 11 is 0. The van der Waals surface area contributed by atoms with E-state index in [0.29, 0.717) is 6.42 Å². The van der Waals surface area contributed by atoms with Gasteiger partial charge in [0.25, 0.3) is 0 Å². The molecular formula is C12H21NO3. The molecule has 1 rings (SSSR count). The number of carbonyl (C=O) groups excluding carboxylic acids is 1. The molecule has 1 aliphatic carbocycles. The Hall–Kier alpha value is -0.930. The monoisotopic (exact) mass is 227 g/mol. The first kappa shape index (κ1) is 13.1. The van der Waals surface area contributed by atoms with Crippen molar-refractivity contribution in [3.63, 3.8) is 0 Å². The topological polar surface area (TPSA) is 55.7 Å². The molecule has 0 saturated heterocycles. The summed E-state index contributed by atoms with van der Waals surface area (Å²) in [5.41, 5.74) is 0. The highest BCUT2D eigenvalue weighted by Crippen LogP contribution is 2.28. The van der Waals surface area contributed by atoms with E-state index in [1.807, 2.05) is 0 Å². The van der Waals surface area contributed by atoms with Crippen molar-refractivity contribution in [2.24, 2.45) is 11.1 Å². The minimum atomic E-state index is -0.798. The Morgan fingerprint density at radius 2 is 2.06 bits per heavy atom. The average Bonchev–Trinajstić information content (AvgIpc) is 2.35. The third kappa shape index (κ3) is 4.29. The van der Waals surface area contributed by atoms with E-state index < -0.39 is 12.0 Å². The second-order valence-corrected chi connectivity index (χ2v) is 4.58. The number of methoxy groups -OCH3 is 1. The Balaban J connectivity index is 2.17. The number of hydrogen-bond acceptors (Lipinski definition) is 4. The summed E-state index contributed by atoms with van der Waals surface area (Å²) < 4.78 is 4.51. The van der Waals surface area contributed by atoms with E-state index >= 15 is 0 Å². The summed E-state index contributed by atoms with van der Waals surface area (Å²) in [7, 11) is 1.29. The van der Waals surface area contributed by atoms with Gasteiger partial charge in [0.15, 0.2) is 6.04 Å². The molecule has 0 N–H and O–H groups in total. The van der Waals surface area contributed by atoms with E-state index in [4.69, 9.17) is 0 Å². The molecule has 0 radical (unpaired) electrons. The molecule has 4 nitrogen and oxygen atoms in total. The predicted octanol–water partition coefficient (Wildman–Crippen LogP) is 3.05. The van der Waals surface area contributed by atoms with E-state index in [1.165, 1.54) is 39.2 Å². The lowest BCUT2D eigenvalue weighted by Gasteiger charge is -2.21. The van der Waals surface area contributed by atoms with Gasteiger partial charge >= 0.3 is 5.97 Å². The van der Waals surface area contributed by atoms with Crippen molar-refractivity contribution in [2.45, 2.75) is 57.4 Å². The number of esters is 1. The smallest absolute Gasteiger partial charge is 0.334 e. The highest BCUT2D eigenvalue weighted by molar-refractivity contribution is 5.75. The van der Waals surface area contributed by atoms with Gasteiger partial charge in [-0.25, -0.2) is 4.79 Å². The van der Waals surface area contributed by atoms with Crippen LogP contribution < -0.4 is 0 Å². The van der Waals surface area contributed by atoms with Crippen LogP contribution in [0.3, 0.4) is 0 Å². The van der Waals surface area contributed by atoms with E-state index in [1.54, 1.807) is 0 Å². The van der Waals surface area contributed by atoms with Crippen molar-refractivity contribution in [1.82, 2.24) is 0 Å². The molecule has 0 aliphatic heterocycles. The molecule has 4 heteroatoms. The molecule has 92 valence electrons. The Morgan fingerprint density at radius 3 is 2.62 bits per heavy atom. The molecule has 0 aromatic rings. The van der Waals surface area contributed by atoms with Gasteiger partial charge in [-0.2, -0.15) is 0 Å². The van der Waals surface area contributed by atoms with Crippen LogP contribution in [0.4, 0.5) is 0 Å². The van der Waals surface area contributed by atoms with Gasteiger partial charge in [0.2, 0.25) is 0 Å². The van der Waals surface area contributed by atoms with Crippen LogP contribution in [0.15, 0.2) is 5.18 Å². The average molecular weight is 227 g/mol. The SMILES string of the molecule is COC(=O)C(CCCC1CCCCC1)N=O. The predicted molar refractivity (Wildman–Crippen MR) is 62.0 cm³/mol. The van der Waals surface area contributed by atoms with Crippen molar-refractivity contribution in [2.75, 3.05) is 7.11 Å². The molecule has 1 aliphatic rings. The molecule has 1 atom stereocenters. The highest BCUT2D eigenvalue weighted by Gasteiger charge is 2.20. The first-order chi connectivity index (χ1) is 7.77. The van der Waals surface area contributed by atoms with Crippen molar-refractivity contribution in [1.29, 1.82) is 0 Å². The normalized spacial score (nSPS) is 19.1. The van der Waals surface area contributed by atoms with Crippen LogP contribution in [-0.2, 0) is 9.53 Å². The summed E-state index contributed by atoms with van der Waals surface area (Å²) in [5, 5.41) is 2.82. The van der Waals surface area contributed by atoms with Crippen LogP contribution in [-0.4, -0.2) is 19.1 Å². The summed E-state index contributed by atoms with van der Waals surface area (Å²) in [6, 6.07) is -0.798. The Bertz CT molecular complexity index is 224. The van der Waals surface area contributed by atoms with Crippen LogP contribution in [0.2, 0.25) is 0 Å². The first-order valence-electron chi connectivity index (χ1n) is 6.18. The molecule has 0 heterocycles. The van der Waals surface area contributed by atoms with Crippen molar-refractivity contribution < 1.29 is 9.53 Å². The van der Waals surface area contributed by atoms with Crippen molar-refractivity contribution in [3.8, 4) is 0 Å². The van der Waals surface area contributed by atoms with Crippen molar-refractivity contribution in [3.05, 3.63) is 4.91 Å². The van der Waals surface area contributed by atoms with E-state index in [0.717, 1.165) is 18.8 Å². The standard InChI is InChI=1S/C12H21NO3/c1-16-12(14)11(13-15)9-5-8-10-6-3-2-4-7-10/h10-11H,2-9H2,1H3. The first-order valence-corrected chi connectivity index (χ1v) is 6.18. The molecule has 1 unspecified atom stereocenters. The summed E-state index contributed by atoms with van der Waals surface area (Å²) in [4.78, 5) is 21.5. The molecule has 0 aromatic heterocycles. The lowest BCUT2D eigenvalue weighted by molar-refractivity contribution is -0.142. The lowest BCUT2D eigenvalue weighted by Crippen LogP contribution is -2.20. The molecular weight excluding hydrogens is 206 g/mol. The van der Waals surface area contributed by atoms with Crippen LogP contribution in [0.5, 0.6) is 0 Å². The Labute approximate surface area is 96.7 Å². The fraction of sp³-hybridized carbons (Fsp3) is 0.917. The Morgan fingerprint density at radius 1 is 1.38 bits per heavy atom. The van der Waals surface area contributed by atoms with Gasteiger partial charge in [-0.1, -0.05) is 50.1 Å². The second-order valence-electron chi connectivity index (χ2n) is 4.58. The number of ether oxygens (including phenoxy) is 1. The largest absolute Gasteiger partial charge is 0.467 e. The van der Waals surface area contributed by atoms with E-state index in [-0.39, 0.29) is 0 Å². The zero-order valence-electron chi connectivity index (χ0n) is 9.98. The third-order valence-corrected chi connectivity index (χ3v) is 3.42. The van der Waals surface area contributed by atoms with Gasteiger partial charge in [-0.15, -0.1) is 4.91 Å². The van der Waals surface area contributed by atoms with Crippen LogP contribution in [0.1, 0.15) is 51.4 Å². The van der Waals surface area contributed by atoms with Gasteiger partial charge < -0.3 is 4.74 Å². The number of carbonyl (C=O) groups is 1. The molecule has 0 spiro atoms. The third-order valence-electron chi connectivity index (χ3n) is 3.42. The lowest BCUT2D eigenvalue weighted by atomic mass is 9.85. The van der Waals surface area contributed by atoms with Gasteiger partial charge in [-0.05, 0) is 12.3 Å². The van der Waals surface area contributed by atoms with Crippen molar-refractivity contribution >= 4 is 5.97 Å². The molecule has 1 saturated carbocycles. The minimum Gasteiger partial charge on any atom is -0.467 e.